The van der Waals surface area contributed by atoms with E-state index in [0.29, 0.717) is 37.0 Å². The van der Waals surface area contributed by atoms with Crippen molar-refractivity contribution in [3.05, 3.63) is 34.9 Å². The first kappa shape index (κ1) is 17.2. The number of piperidine rings is 1. The van der Waals surface area contributed by atoms with Crippen LogP contribution in [0.25, 0.3) is 0 Å². The average molecular weight is 328 g/mol. The number of hydrogen-bond donors (Lipinski definition) is 1. The molecule has 0 radical (unpaired) electrons. The summed E-state index contributed by atoms with van der Waals surface area (Å²) in [5, 5.41) is 3.07. The molecule has 1 N–H and O–H groups in total. The van der Waals surface area contributed by atoms with E-state index in [1.54, 1.807) is 0 Å². The summed E-state index contributed by atoms with van der Waals surface area (Å²) in [4.78, 5) is 26.9. The molecule has 2 aliphatic rings. The van der Waals surface area contributed by atoms with Crippen molar-refractivity contribution in [1.29, 1.82) is 0 Å². The Morgan fingerprint density at radius 2 is 2.12 bits per heavy atom. The number of hydrogen-bond acceptors (Lipinski definition) is 3. The monoisotopic (exact) mass is 328 g/mol. The van der Waals surface area contributed by atoms with Gasteiger partial charge < -0.3 is 5.32 Å². The molecule has 1 saturated heterocycles. The van der Waals surface area contributed by atoms with Gasteiger partial charge in [0.1, 0.15) is 0 Å². The number of nitrogens with one attached hydrogen (secondary N) is 1. The molecule has 1 heterocycles. The van der Waals surface area contributed by atoms with Crippen LogP contribution in [0.2, 0.25) is 0 Å². The molecular formula is C20H28N2O2. The quantitative estimate of drug-likeness (QED) is 0.903. The molecular weight excluding hydrogens is 300 g/mol. The highest BCUT2D eigenvalue weighted by Gasteiger charge is 2.26. The van der Waals surface area contributed by atoms with Crippen LogP contribution >= 0.6 is 0 Å². The first-order valence-corrected chi connectivity index (χ1v) is 9.27. The van der Waals surface area contributed by atoms with Crippen LogP contribution in [0, 0.1) is 0 Å². The van der Waals surface area contributed by atoms with Gasteiger partial charge in [0.15, 0.2) is 5.78 Å². The molecule has 1 aromatic rings. The maximum atomic E-state index is 12.5. The molecule has 4 heteroatoms. The summed E-state index contributed by atoms with van der Waals surface area (Å²) in [6.07, 6.45) is 6.02. The number of likely N-dealkylation sites (tertiary alicyclic amines) is 1. The number of fused-ring (bicyclic) bond motifs is 1. The van der Waals surface area contributed by atoms with Gasteiger partial charge in [-0.15, -0.1) is 0 Å². The summed E-state index contributed by atoms with van der Waals surface area (Å²) in [6.45, 7) is 6.37. The van der Waals surface area contributed by atoms with Crippen LogP contribution < -0.4 is 5.32 Å². The lowest BCUT2D eigenvalue weighted by atomic mass is 9.97. The van der Waals surface area contributed by atoms with Crippen molar-refractivity contribution in [3.63, 3.8) is 0 Å². The van der Waals surface area contributed by atoms with E-state index in [-0.39, 0.29) is 11.7 Å². The number of benzene rings is 1. The zero-order valence-corrected chi connectivity index (χ0v) is 14.8. The van der Waals surface area contributed by atoms with E-state index in [1.807, 2.05) is 18.2 Å². The minimum atomic E-state index is -0.0338. The molecule has 0 bridgehead atoms. The van der Waals surface area contributed by atoms with E-state index in [9.17, 15) is 9.59 Å². The molecule has 24 heavy (non-hydrogen) atoms. The van der Waals surface area contributed by atoms with Crippen molar-refractivity contribution in [3.8, 4) is 0 Å². The lowest BCUT2D eigenvalue weighted by Gasteiger charge is -2.38. The second-order valence-electron chi connectivity index (χ2n) is 7.28. The van der Waals surface area contributed by atoms with Crippen LogP contribution in [0.3, 0.4) is 0 Å². The second-order valence-corrected chi connectivity index (χ2v) is 7.28. The van der Waals surface area contributed by atoms with Crippen LogP contribution in [0.15, 0.2) is 18.2 Å². The minimum absolute atomic E-state index is 0.0338. The Labute approximate surface area is 144 Å². The average Bonchev–Trinajstić information content (AvgIpc) is 2.96. The molecule has 130 valence electrons. The van der Waals surface area contributed by atoms with Crippen molar-refractivity contribution in [2.75, 3.05) is 13.1 Å². The molecule has 0 unspecified atom stereocenters. The molecule has 4 nitrogen and oxygen atoms in total. The summed E-state index contributed by atoms with van der Waals surface area (Å²) in [6, 6.07) is 6.63. The predicted molar refractivity (Wildman–Crippen MR) is 95.5 cm³/mol. The molecule has 1 aliphatic heterocycles. The van der Waals surface area contributed by atoms with E-state index in [0.717, 1.165) is 17.5 Å². The summed E-state index contributed by atoms with van der Waals surface area (Å²) >= 11 is 0. The Morgan fingerprint density at radius 1 is 1.29 bits per heavy atom. The summed E-state index contributed by atoms with van der Waals surface area (Å²) in [5.74, 6) is 0.128. The fraction of sp³-hybridized carbons (Fsp3) is 0.600. The largest absolute Gasteiger partial charge is 0.352 e. The van der Waals surface area contributed by atoms with Crippen molar-refractivity contribution in [2.45, 2.75) is 64.5 Å². The van der Waals surface area contributed by atoms with E-state index < -0.39 is 0 Å². The van der Waals surface area contributed by atoms with Crippen LogP contribution in [0.4, 0.5) is 0 Å². The van der Waals surface area contributed by atoms with Crippen molar-refractivity contribution >= 4 is 11.7 Å². The number of amides is 1. The third-order valence-electron chi connectivity index (χ3n) is 5.42. The van der Waals surface area contributed by atoms with Crippen LogP contribution in [-0.4, -0.2) is 41.8 Å². The highest BCUT2D eigenvalue weighted by molar-refractivity contribution is 6.05. The molecule has 0 aromatic heterocycles. The molecule has 1 amide bonds. The zero-order valence-electron chi connectivity index (χ0n) is 14.8. The normalized spacial score (nSPS) is 21.1. The fourth-order valence-corrected chi connectivity index (χ4v) is 4.16. The molecule has 1 fully saturated rings. The van der Waals surface area contributed by atoms with Crippen LogP contribution in [0.1, 0.15) is 72.2 Å². The van der Waals surface area contributed by atoms with Crippen molar-refractivity contribution in [2.24, 2.45) is 0 Å². The third kappa shape index (κ3) is 3.54. The molecule has 1 atom stereocenters. The summed E-state index contributed by atoms with van der Waals surface area (Å²) < 4.78 is 0. The van der Waals surface area contributed by atoms with E-state index in [1.165, 1.54) is 25.8 Å². The Hall–Kier alpha value is -1.68. The smallest absolute Gasteiger partial charge is 0.251 e. The van der Waals surface area contributed by atoms with Crippen LogP contribution in [0.5, 0.6) is 0 Å². The van der Waals surface area contributed by atoms with E-state index in [2.05, 4.69) is 24.1 Å². The fourth-order valence-electron chi connectivity index (χ4n) is 4.16. The highest BCUT2D eigenvalue weighted by atomic mass is 16.1. The molecule has 1 aromatic carbocycles. The standard InChI is InChI=1S/C20H28N2O2/c1-14(2)22-13-4-3-6-15(22)11-12-21-20(24)18-8-5-7-17-16(18)9-10-19(17)23/h5,7-8,14-15H,3-4,6,9-13H2,1-2H3,(H,21,24)/t15-/m0/s1. The summed E-state index contributed by atoms with van der Waals surface area (Å²) in [7, 11) is 0. The van der Waals surface area contributed by atoms with Gasteiger partial charge >= 0.3 is 0 Å². The molecule has 0 spiro atoms. The second kappa shape index (κ2) is 7.47. The van der Waals surface area contributed by atoms with Gasteiger partial charge in [-0.1, -0.05) is 18.6 Å². The van der Waals surface area contributed by atoms with Gasteiger partial charge in [0, 0.05) is 36.2 Å². The first-order valence-electron chi connectivity index (χ1n) is 9.27. The Kier molecular flexibility index (Phi) is 5.34. The van der Waals surface area contributed by atoms with Gasteiger partial charge in [0.05, 0.1) is 0 Å². The van der Waals surface area contributed by atoms with Crippen molar-refractivity contribution < 1.29 is 9.59 Å². The summed E-state index contributed by atoms with van der Waals surface area (Å²) in [5.41, 5.74) is 2.35. The van der Waals surface area contributed by atoms with Crippen LogP contribution in [-0.2, 0) is 6.42 Å². The number of rotatable bonds is 5. The Bertz CT molecular complexity index is 624. The number of Topliss-reactive ketones (excluding diaryl/α,β-unsaturated/α-hetero) is 1. The SMILES string of the molecule is CC(C)N1CCCC[C@H]1CCNC(=O)c1cccc2c1CCC2=O. The molecule has 1 aliphatic carbocycles. The Morgan fingerprint density at radius 3 is 2.92 bits per heavy atom. The topological polar surface area (TPSA) is 49.4 Å². The lowest BCUT2D eigenvalue weighted by Crippen LogP contribution is -2.45. The lowest BCUT2D eigenvalue weighted by molar-refractivity contribution is 0.0912. The van der Waals surface area contributed by atoms with E-state index in [4.69, 9.17) is 0 Å². The molecule has 0 saturated carbocycles. The molecule has 3 rings (SSSR count). The van der Waals surface area contributed by atoms with E-state index >= 15 is 0 Å². The number of nitrogens with zero attached hydrogens (tertiary/aromatic N) is 1. The van der Waals surface area contributed by atoms with Gasteiger partial charge in [-0.25, -0.2) is 0 Å². The number of carbonyl (C=O) groups is 2. The highest BCUT2D eigenvalue weighted by Crippen LogP contribution is 2.25. The Balaban J connectivity index is 1.58. The van der Waals surface area contributed by atoms with Crippen molar-refractivity contribution in [1.82, 2.24) is 10.2 Å². The number of ketones is 1. The third-order valence-corrected chi connectivity index (χ3v) is 5.42. The predicted octanol–water partition coefficient (Wildman–Crippen LogP) is 3.20. The van der Waals surface area contributed by atoms with Gasteiger partial charge in [-0.2, -0.15) is 0 Å². The van der Waals surface area contributed by atoms with Gasteiger partial charge in [-0.05, 0) is 57.7 Å². The van der Waals surface area contributed by atoms with Gasteiger partial charge in [0.25, 0.3) is 5.91 Å². The number of carbonyl (C=O) groups excluding carboxylic acids is 2. The zero-order chi connectivity index (χ0) is 17.1. The maximum Gasteiger partial charge on any atom is 0.251 e. The minimum Gasteiger partial charge on any atom is -0.352 e. The first-order chi connectivity index (χ1) is 11.6. The van der Waals surface area contributed by atoms with Gasteiger partial charge in [0.2, 0.25) is 0 Å². The van der Waals surface area contributed by atoms with Gasteiger partial charge in [-0.3, -0.25) is 14.5 Å². The maximum absolute atomic E-state index is 12.5.